The number of hydrogen-bond donors (Lipinski definition) is 3. The van der Waals surface area contributed by atoms with Crippen LogP contribution in [0.2, 0.25) is 0 Å². The van der Waals surface area contributed by atoms with Crippen LogP contribution in [0.15, 0.2) is 65.8 Å². The van der Waals surface area contributed by atoms with Gasteiger partial charge in [-0.3, -0.25) is 9.59 Å². The van der Waals surface area contributed by atoms with Crippen molar-refractivity contribution in [1.82, 2.24) is 5.32 Å². The van der Waals surface area contributed by atoms with E-state index < -0.39 is 0 Å². The van der Waals surface area contributed by atoms with E-state index in [0.29, 0.717) is 23.6 Å². The van der Waals surface area contributed by atoms with Gasteiger partial charge in [-0.1, -0.05) is 30.3 Å². The van der Waals surface area contributed by atoms with Crippen LogP contribution in [-0.4, -0.2) is 43.3 Å². The molecule has 3 N–H and O–H groups in total. The van der Waals surface area contributed by atoms with E-state index in [1.807, 2.05) is 6.07 Å². The van der Waals surface area contributed by atoms with Crippen molar-refractivity contribution in [3.8, 4) is 0 Å². The lowest BCUT2D eigenvalue weighted by molar-refractivity contribution is -0.918. The Kier molecular flexibility index (Phi) is 7.27. The fourth-order valence-electron chi connectivity index (χ4n) is 3.89. The fraction of sp³-hybridized carbons (Fsp3) is 0.333. The van der Waals surface area contributed by atoms with Gasteiger partial charge in [-0.25, -0.2) is 0 Å². The molecule has 0 bridgehead atoms. The largest absolute Gasteiger partial charge is 0.487 e. The second-order valence-electron chi connectivity index (χ2n) is 7.89. The third kappa shape index (κ3) is 6.12. The van der Waals surface area contributed by atoms with Gasteiger partial charge in [0.1, 0.15) is 6.54 Å². The highest BCUT2D eigenvalue weighted by molar-refractivity contribution is 8.02. The molecule has 0 saturated carbocycles. The van der Waals surface area contributed by atoms with E-state index in [1.54, 1.807) is 46.3 Å². The van der Waals surface area contributed by atoms with Crippen molar-refractivity contribution >= 4 is 29.3 Å². The summed E-state index contributed by atoms with van der Waals surface area (Å²) in [6.45, 7) is 3.69. The molecule has 1 saturated heterocycles. The summed E-state index contributed by atoms with van der Waals surface area (Å²) in [6.07, 6.45) is 1.96. The number of rotatable bonds is 6. The second kappa shape index (κ2) is 10.5. The number of anilines is 1. The summed E-state index contributed by atoms with van der Waals surface area (Å²) in [5, 5.41) is 7.69. The Morgan fingerprint density at radius 3 is 2.42 bits per heavy atom. The number of likely N-dealkylation sites (tertiary alicyclic amines) is 1. The van der Waals surface area contributed by atoms with Crippen LogP contribution in [-0.2, 0) is 16.1 Å². The van der Waals surface area contributed by atoms with Gasteiger partial charge in [-0.15, -0.1) is 11.8 Å². The maximum atomic E-state index is 12.6. The first kappa shape index (κ1) is 21.5. The third-order valence-corrected chi connectivity index (χ3v) is 6.39. The molecule has 0 spiro atoms. The fourth-order valence-corrected chi connectivity index (χ4v) is 4.51. The molecule has 2 aliphatic heterocycles. The highest BCUT2D eigenvalue weighted by Crippen LogP contribution is 2.17. The van der Waals surface area contributed by atoms with E-state index in [4.69, 9.17) is 4.74 Å². The molecular weight excluding hydrogens is 410 g/mol. The van der Waals surface area contributed by atoms with Gasteiger partial charge in [0.05, 0.1) is 19.7 Å². The van der Waals surface area contributed by atoms with Crippen molar-refractivity contribution in [2.24, 2.45) is 0 Å². The first-order chi connectivity index (χ1) is 15.2. The molecular formula is C24H28N3O3S+. The lowest BCUT2D eigenvalue weighted by Gasteiger charge is -2.29. The SMILES string of the molecule is O=C(Nc1ccc(C(=O)NC2CC[NH+](Cc3ccccc3)CC2)cc1)C1=CSCCO1. The maximum Gasteiger partial charge on any atom is 0.291 e. The van der Waals surface area contributed by atoms with E-state index in [9.17, 15) is 9.59 Å². The number of amides is 2. The Morgan fingerprint density at radius 1 is 1.00 bits per heavy atom. The molecule has 0 atom stereocenters. The number of benzene rings is 2. The van der Waals surface area contributed by atoms with E-state index in [-0.39, 0.29) is 17.9 Å². The molecule has 0 aromatic heterocycles. The van der Waals surface area contributed by atoms with Gasteiger partial charge in [0.15, 0.2) is 5.76 Å². The van der Waals surface area contributed by atoms with Gasteiger partial charge in [-0.05, 0) is 24.3 Å². The standard InChI is InChI=1S/C24H27N3O3S/c28-23(25-21-10-12-27(13-11-21)16-18-4-2-1-3-5-18)19-6-8-20(9-7-19)26-24(29)22-17-31-15-14-30-22/h1-9,17,21H,10-16H2,(H,25,28)(H,26,29)/p+1. The van der Waals surface area contributed by atoms with Crippen LogP contribution < -0.4 is 15.5 Å². The number of carbonyl (C=O) groups excluding carboxylic acids is 2. The van der Waals surface area contributed by atoms with Crippen molar-refractivity contribution in [2.45, 2.75) is 25.4 Å². The van der Waals surface area contributed by atoms with Crippen LogP contribution in [0.5, 0.6) is 0 Å². The number of piperidine rings is 1. The molecule has 31 heavy (non-hydrogen) atoms. The van der Waals surface area contributed by atoms with Crippen LogP contribution >= 0.6 is 11.8 Å². The second-order valence-corrected chi connectivity index (χ2v) is 8.87. The zero-order valence-electron chi connectivity index (χ0n) is 17.4. The smallest absolute Gasteiger partial charge is 0.291 e. The average Bonchev–Trinajstić information content (AvgIpc) is 2.82. The maximum absolute atomic E-state index is 12.6. The van der Waals surface area contributed by atoms with Gasteiger partial charge in [0.2, 0.25) is 0 Å². The third-order valence-electron chi connectivity index (χ3n) is 5.60. The monoisotopic (exact) mass is 438 g/mol. The van der Waals surface area contributed by atoms with E-state index in [0.717, 1.165) is 38.2 Å². The van der Waals surface area contributed by atoms with Gasteiger partial charge < -0.3 is 20.3 Å². The topological polar surface area (TPSA) is 71.9 Å². The zero-order chi connectivity index (χ0) is 21.5. The number of thioether (sulfide) groups is 1. The number of quaternary nitrogens is 1. The number of hydrogen-bond acceptors (Lipinski definition) is 4. The summed E-state index contributed by atoms with van der Waals surface area (Å²) in [6, 6.07) is 17.7. The molecule has 6 nitrogen and oxygen atoms in total. The van der Waals surface area contributed by atoms with E-state index in [2.05, 4.69) is 34.9 Å². The van der Waals surface area contributed by atoms with Gasteiger partial charge in [0.25, 0.3) is 11.8 Å². The number of nitrogens with one attached hydrogen (secondary N) is 3. The quantitative estimate of drug-likeness (QED) is 0.647. The van der Waals surface area contributed by atoms with Gasteiger partial charge >= 0.3 is 0 Å². The molecule has 0 unspecified atom stereocenters. The average molecular weight is 439 g/mol. The Morgan fingerprint density at radius 2 is 1.74 bits per heavy atom. The van der Waals surface area contributed by atoms with Gasteiger partial charge in [-0.2, -0.15) is 0 Å². The summed E-state index contributed by atoms with van der Waals surface area (Å²) in [7, 11) is 0. The van der Waals surface area contributed by atoms with Crippen molar-refractivity contribution in [1.29, 1.82) is 0 Å². The van der Waals surface area contributed by atoms with Gasteiger partial charge in [0, 0.05) is 46.9 Å². The lowest BCUT2D eigenvalue weighted by atomic mass is 10.0. The summed E-state index contributed by atoms with van der Waals surface area (Å²) in [5.74, 6) is 0.852. The Bertz CT molecular complexity index is 923. The Hall–Kier alpha value is -2.77. The predicted molar refractivity (Wildman–Crippen MR) is 123 cm³/mol. The normalized spacial score (nSPS) is 20.8. The number of carbonyl (C=O) groups is 2. The van der Waals surface area contributed by atoms with Crippen LogP contribution in [0.4, 0.5) is 5.69 Å². The van der Waals surface area contributed by atoms with Crippen molar-refractivity contribution in [2.75, 3.05) is 30.8 Å². The van der Waals surface area contributed by atoms with Crippen molar-refractivity contribution in [3.05, 3.63) is 76.9 Å². The summed E-state index contributed by atoms with van der Waals surface area (Å²) in [4.78, 5) is 26.4. The molecule has 1 fully saturated rings. The van der Waals surface area contributed by atoms with Crippen molar-refractivity contribution in [3.63, 3.8) is 0 Å². The first-order valence-corrected chi connectivity index (χ1v) is 11.8. The molecule has 2 aromatic rings. The minimum absolute atomic E-state index is 0.0656. The number of ether oxygens (including phenoxy) is 1. The van der Waals surface area contributed by atoms with Crippen LogP contribution in [0.1, 0.15) is 28.8 Å². The van der Waals surface area contributed by atoms with Crippen molar-refractivity contribution < 1.29 is 19.2 Å². The zero-order valence-corrected chi connectivity index (χ0v) is 18.3. The van der Waals surface area contributed by atoms with Crippen LogP contribution in [0.3, 0.4) is 0 Å². The van der Waals surface area contributed by atoms with Crippen LogP contribution in [0.25, 0.3) is 0 Å². The molecule has 0 radical (unpaired) electrons. The molecule has 7 heteroatoms. The molecule has 2 amide bonds. The highest BCUT2D eigenvalue weighted by atomic mass is 32.2. The minimum atomic E-state index is -0.269. The molecule has 4 rings (SSSR count). The summed E-state index contributed by atoms with van der Waals surface area (Å²) >= 11 is 1.56. The Balaban J connectivity index is 1.23. The molecule has 2 aliphatic rings. The highest BCUT2D eigenvalue weighted by Gasteiger charge is 2.24. The predicted octanol–water partition coefficient (Wildman–Crippen LogP) is 2.21. The van der Waals surface area contributed by atoms with E-state index >= 15 is 0 Å². The molecule has 162 valence electrons. The molecule has 2 heterocycles. The summed E-state index contributed by atoms with van der Waals surface area (Å²) < 4.78 is 5.36. The Labute approximate surface area is 187 Å². The van der Waals surface area contributed by atoms with E-state index in [1.165, 1.54) is 5.56 Å². The molecule has 0 aliphatic carbocycles. The minimum Gasteiger partial charge on any atom is -0.487 e. The lowest BCUT2D eigenvalue weighted by Crippen LogP contribution is -3.12. The first-order valence-electron chi connectivity index (χ1n) is 10.7. The summed E-state index contributed by atoms with van der Waals surface area (Å²) in [5.41, 5.74) is 2.59. The van der Waals surface area contributed by atoms with Crippen LogP contribution in [0, 0.1) is 0 Å². The molecule has 2 aromatic carbocycles.